The molecule has 2 atom stereocenters. The van der Waals surface area contributed by atoms with Crippen molar-refractivity contribution < 1.29 is 0 Å². The molecule has 0 saturated carbocycles. The van der Waals surface area contributed by atoms with Crippen LogP contribution in [0.3, 0.4) is 0 Å². The molecule has 0 amide bonds. The topological polar surface area (TPSA) is 34.0 Å². The van der Waals surface area contributed by atoms with E-state index >= 15 is 0 Å². The van der Waals surface area contributed by atoms with E-state index in [2.05, 4.69) is 181 Å². The van der Waals surface area contributed by atoms with Crippen LogP contribution in [0.2, 0.25) is 0 Å². The molecule has 3 aliphatic rings. The van der Waals surface area contributed by atoms with Gasteiger partial charge >= 0.3 is 0 Å². The molecule has 1 aliphatic carbocycles. The minimum Gasteiger partial charge on any atom is -0.310 e. The largest absolute Gasteiger partial charge is 0.310 e. The highest BCUT2D eigenvalue weighted by Crippen LogP contribution is 2.52. The maximum absolute atomic E-state index is 5.28. The zero-order valence-corrected chi connectivity index (χ0v) is 33.9. The van der Waals surface area contributed by atoms with Crippen molar-refractivity contribution in [2.24, 2.45) is 11.3 Å². The van der Waals surface area contributed by atoms with Crippen molar-refractivity contribution in [2.75, 3.05) is 4.90 Å². The van der Waals surface area contributed by atoms with Crippen LogP contribution in [0.25, 0.3) is 11.3 Å². The van der Waals surface area contributed by atoms with Gasteiger partial charge in [0.15, 0.2) is 0 Å². The lowest BCUT2D eigenvalue weighted by Crippen LogP contribution is -2.67. The molecule has 6 aromatic rings. The van der Waals surface area contributed by atoms with Crippen LogP contribution in [0.5, 0.6) is 0 Å². The summed E-state index contributed by atoms with van der Waals surface area (Å²) in [6.45, 7) is 18.8. The summed E-state index contributed by atoms with van der Waals surface area (Å²) in [6, 6.07) is 41.1. The SMILES string of the molecule is CC(C)(C)c1ccc2c(c1)C1=CC(C(C)(C)C)CC=C1[Si]2(c1cccc(N2c3ccccc3C(C)(C)c3ccc(-n4cccn4)cc32)c1)c1ccccn1. The quantitative estimate of drug-likeness (QED) is 0.170. The lowest BCUT2D eigenvalue weighted by Gasteiger charge is -2.42. The molecule has 5 heteroatoms. The Labute approximate surface area is 321 Å². The summed E-state index contributed by atoms with van der Waals surface area (Å²) in [5, 5.41) is 10.1. The fraction of sp³-hybridized carbons (Fsp3) is 0.265. The molecule has 4 nitrogen and oxygen atoms in total. The average molecular weight is 723 g/mol. The maximum atomic E-state index is 5.28. The van der Waals surface area contributed by atoms with Crippen molar-refractivity contribution in [1.29, 1.82) is 0 Å². The van der Waals surface area contributed by atoms with Gasteiger partial charge in [0.05, 0.1) is 17.1 Å². The predicted molar refractivity (Wildman–Crippen MR) is 228 cm³/mol. The number of anilines is 3. The van der Waals surface area contributed by atoms with Gasteiger partial charge in [-0.3, -0.25) is 4.98 Å². The minimum absolute atomic E-state index is 0.0348. The molecule has 0 N–H and O–H groups in total. The van der Waals surface area contributed by atoms with Crippen molar-refractivity contribution in [3.05, 3.63) is 167 Å². The summed E-state index contributed by atoms with van der Waals surface area (Å²) in [4.78, 5) is 7.77. The fourth-order valence-electron chi connectivity index (χ4n) is 9.36. The van der Waals surface area contributed by atoms with Gasteiger partial charge in [0, 0.05) is 35.0 Å². The first-order valence-corrected chi connectivity index (χ1v) is 21.4. The first-order chi connectivity index (χ1) is 25.8. The van der Waals surface area contributed by atoms with E-state index in [4.69, 9.17) is 4.98 Å². The van der Waals surface area contributed by atoms with Crippen molar-refractivity contribution in [2.45, 2.75) is 72.6 Å². The Kier molecular flexibility index (Phi) is 7.75. The summed E-state index contributed by atoms with van der Waals surface area (Å²) in [5.41, 5.74) is 11.4. The number of nitrogens with zero attached hydrogens (tertiary/aromatic N) is 4. The first kappa shape index (κ1) is 34.5. The van der Waals surface area contributed by atoms with E-state index < -0.39 is 8.07 Å². The van der Waals surface area contributed by atoms with Crippen LogP contribution in [-0.4, -0.2) is 22.8 Å². The van der Waals surface area contributed by atoms with Crippen molar-refractivity contribution in [1.82, 2.24) is 14.8 Å². The van der Waals surface area contributed by atoms with Crippen LogP contribution >= 0.6 is 0 Å². The third-order valence-electron chi connectivity index (χ3n) is 12.4. The van der Waals surface area contributed by atoms with Crippen LogP contribution < -0.4 is 20.6 Å². The number of benzene rings is 4. The lowest BCUT2D eigenvalue weighted by atomic mass is 9.73. The summed E-state index contributed by atoms with van der Waals surface area (Å²) in [6.07, 6.45) is 12.1. The molecule has 0 bridgehead atoms. The number of hydrogen-bond acceptors (Lipinski definition) is 3. The minimum atomic E-state index is -2.86. The highest BCUT2D eigenvalue weighted by atomic mass is 28.3. The van der Waals surface area contributed by atoms with Gasteiger partial charge in [0.1, 0.15) is 0 Å². The number of allylic oxidation sites excluding steroid dienone is 4. The zero-order chi connectivity index (χ0) is 37.6. The molecule has 9 rings (SSSR count). The Balaban J connectivity index is 1.32. The van der Waals surface area contributed by atoms with Crippen LogP contribution in [0.1, 0.15) is 84.1 Å². The number of fused-ring (bicyclic) bond motifs is 5. The highest BCUT2D eigenvalue weighted by molar-refractivity contribution is 7.18. The highest BCUT2D eigenvalue weighted by Gasteiger charge is 2.53. The van der Waals surface area contributed by atoms with Gasteiger partial charge in [-0.2, -0.15) is 5.10 Å². The molecular weight excluding hydrogens is 673 g/mol. The molecule has 0 saturated heterocycles. The third kappa shape index (κ3) is 5.15. The molecule has 4 heterocycles. The second kappa shape index (κ2) is 12.1. The van der Waals surface area contributed by atoms with E-state index in [0.29, 0.717) is 5.92 Å². The smallest absolute Gasteiger partial charge is 0.202 e. The van der Waals surface area contributed by atoms with Gasteiger partial charge in [0.2, 0.25) is 8.07 Å². The molecule has 270 valence electrons. The number of rotatable bonds is 4. The Hall–Kier alpha value is -5.26. The average Bonchev–Trinajstić information content (AvgIpc) is 3.80. The molecule has 0 fully saturated rings. The van der Waals surface area contributed by atoms with E-state index in [1.807, 2.05) is 29.3 Å². The Bertz CT molecular complexity index is 2480. The monoisotopic (exact) mass is 722 g/mol. The lowest BCUT2D eigenvalue weighted by molar-refractivity contribution is 0.294. The van der Waals surface area contributed by atoms with Crippen molar-refractivity contribution >= 4 is 46.4 Å². The summed E-state index contributed by atoms with van der Waals surface area (Å²) >= 11 is 0. The van der Waals surface area contributed by atoms with E-state index in [9.17, 15) is 0 Å². The normalized spacial score (nSPS) is 20.0. The zero-order valence-electron chi connectivity index (χ0n) is 32.9. The number of pyridine rings is 1. The third-order valence-corrected chi connectivity index (χ3v) is 17.2. The molecule has 2 aliphatic heterocycles. The summed E-state index contributed by atoms with van der Waals surface area (Å²) in [5.74, 6) is 0.455. The fourth-order valence-corrected chi connectivity index (χ4v) is 14.4. The standard InChI is InChI=1S/C49H50N4Si/c1-47(2,3)33-20-24-44-38(29-33)39-30-34(48(4,5)6)21-25-45(39)54(44,46-19-11-12-26-50-46)37-16-13-15-36(31-37)53-42-18-10-9-17-40(42)49(7,8)41-23-22-35(32-43(41)53)52-28-14-27-51-52/h9-20,22-32,34H,21H2,1-8H3. The molecule has 0 spiro atoms. The second-order valence-electron chi connectivity index (χ2n) is 18.1. The van der Waals surface area contributed by atoms with Gasteiger partial charge in [-0.1, -0.05) is 128 Å². The summed E-state index contributed by atoms with van der Waals surface area (Å²) < 4.78 is 1.96. The van der Waals surface area contributed by atoms with Gasteiger partial charge in [0.25, 0.3) is 0 Å². The molecule has 2 aromatic heterocycles. The van der Waals surface area contributed by atoms with Crippen LogP contribution in [0.4, 0.5) is 17.1 Å². The second-order valence-corrected chi connectivity index (χ2v) is 21.7. The molecule has 4 aromatic carbocycles. The van der Waals surface area contributed by atoms with E-state index in [0.717, 1.165) is 17.8 Å². The molecule has 54 heavy (non-hydrogen) atoms. The maximum Gasteiger partial charge on any atom is 0.202 e. The van der Waals surface area contributed by atoms with Gasteiger partial charge < -0.3 is 4.90 Å². The molecule has 2 unspecified atom stereocenters. The van der Waals surface area contributed by atoms with Crippen LogP contribution in [0.15, 0.2) is 145 Å². The summed E-state index contributed by atoms with van der Waals surface area (Å²) in [7, 11) is -2.86. The van der Waals surface area contributed by atoms with Crippen LogP contribution in [-0.2, 0) is 10.8 Å². The van der Waals surface area contributed by atoms with Crippen LogP contribution in [0, 0.1) is 11.3 Å². The Morgan fingerprint density at radius 1 is 0.722 bits per heavy atom. The molecule has 0 radical (unpaired) electrons. The van der Waals surface area contributed by atoms with E-state index in [1.165, 1.54) is 60.1 Å². The number of aromatic nitrogens is 3. The van der Waals surface area contributed by atoms with Gasteiger partial charge in [-0.15, -0.1) is 0 Å². The Morgan fingerprint density at radius 2 is 1.52 bits per heavy atom. The first-order valence-electron chi connectivity index (χ1n) is 19.4. The number of hydrogen-bond donors (Lipinski definition) is 0. The predicted octanol–water partition coefficient (Wildman–Crippen LogP) is 10.1. The van der Waals surface area contributed by atoms with Gasteiger partial charge in [-0.05, 0) is 115 Å². The molecular formula is C49H50N4Si. The van der Waals surface area contributed by atoms with E-state index in [-0.39, 0.29) is 16.2 Å². The van der Waals surface area contributed by atoms with E-state index in [1.54, 1.807) is 0 Å². The van der Waals surface area contributed by atoms with Crippen molar-refractivity contribution in [3.63, 3.8) is 0 Å². The number of para-hydroxylation sites is 1. The van der Waals surface area contributed by atoms with Gasteiger partial charge in [-0.25, -0.2) is 4.68 Å². The Morgan fingerprint density at radius 3 is 2.26 bits per heavy atom. The van der Waals surface area contributed by atoms with Crippen molar-refractivity contribution in [3.8, 4) is 5.69 Å².